The molecule has 0 aliphatic rings. The fourth-order valence-electron chi connectivity index (χ4n) is 1.15. The second kappa shape index (κ2) is 6.94. The third kappa shape index (κ3) is 5.48. The van der Waals surface area contributed by atoms with Crippen LogP contribution in [0.5, 0.6) is 5.88 Å². The summed E-state index contributed by atoms with van der Waals surface area (Å²) >= 11 is 0. The molecule has 0 aliphatic carbocycles. The van der Waals surface area contributed by atoms with Crippen molar-refractivity contribution in [2.45, 2.75) is 12.8 Å². The second-order valence-corrected chi connectivity index (χ2v) is 3.49. The maximum atomic E-state index is 11.4. The largest absolute Gasteiger partial charge is 0.481 e. The molecular formula is C11H13N3O5. The van der Waals surface area contributed by atoms with Gasteiger partial charge in [0.2, 0.25) is 11.8 Å². The molecule has 0 unspecified atom stereocenters. The third-order valence-electron chi connectivity index (χ3n) is 2.02. The zero-order chi connectivity index (χ0) is 14.3. The van der Waals surface area contributed by atoms with Crippen LogP contribution in [0.15, 0.2) is 18.3 Å². The molecule has 0 aromatic carbocycles. The van der Waals surface area contributed by atoms with Crippen LogP contribution in [0.3, 0.4) is 0 Å². The van der Waals surface area contributed by atoms with Crippen molar-refractivity contribution in [1.29, 1.82) is 0 Å². The summed E-state index contributed by atoms with van der Waals surface area (Å²) in [6.07, 6.45) is 0.771. The number of hydrogen-bond acceptors (Lipinski definition) is 5. The Balaban J connectivity index is 2.41. The first-order valence-electron chi connectivity index (χ1n) is 5.34. The predicted molar refractivity (Wildman–Crippen MR) is 64.8 cm³/mol. The average Bonchev–Trinajstić information content (AvgIpc) is 2.37. The molecular weight excluding hydrogens is 254 g/mol. The van der Waals surface area contributed by atoms with Crippen molar-refractivity contribution in [2.24, 2.45) is 0 Å². The Morgan fingerprint density at radius 1 is 1.32 bits per heavy atom. The predicted octanol–water partition coefficient (Wildman–Crippen LogP) is 0.603. The van der Waals surface area contributed by atoms with Crippen LogP contribution in [0.1, 0.15) is 12.8 Å². The summed E-state index contributed by atoms with van der Waals surface area (Å²) in [5.41, 5.74) is 0.379. The lowest BCUT2D eigenvalue weighted by atomic mass is 10.3. The number of pyridine rings is 1. The molecule has 0 atom stereocenters. The average molecular weight is 267 g/mol. The van der Waals surface area contributed by atoms with E-state index >= 15 is 0 Å². The van der Waals surface area contributed by atoms with Crippen molar-refractivity contribution < 1.29 is 24.2 Å². The molecule has 1 rings (SSSR count). The summed E-state index contributed by atoms with van der Waals surface area (Å²) in [6, 6.07) is 2.34. The fourth-order valence-corrected chi connectivity index (χ4v) is 1.15. The van der Waals surface area contributed by atoms with Crippen molar-refractivity contribution in [3.8, 4) is 5.88 Å². The molecule has 0 bridgehead atoms. The normalized spacial score (nSPS) is 9.53. The Hall–Kier alpha value is -2.64. The van der Waals surface area contributed by atoms with Crippen molar-refractivity contribution in [3.05, 3.63) is 18.3 Å². The number of aromatic nitrogens is 1. The zero-order valence-corrected chi connectivity index (χ0v) is 10.2. The molecule has 0 saturated carbocycles. The highest BCUT2D eigenvalue weighted by atomic mass is 16.5. The number of amides is 3. The van der Waals surface area contributed by atoms with E-state index in [2.05, 4.69) is 10.3 Å². The third-order valence-corrected chi connectivity index (χ3v) is 2.02. The Morgan fingerprint density at radius 2 is 2.05 bits per heavy atom. The molecule has 0 spiro atoms. The number of anilines is 1. The zero-order valence-electron chi connectivity index (χ0n) is 10.2. The number of carbonyl (C=O) groups excluding carboxylic acids is 2. The molecule has 3 N–H and O–H groups in total. The molecule has 3 amide bonds. The molecule has 0 fully saturated rings. The molecule has 8 heteroatoms. The number of methoxy groups -OCH3 is 1. The highest BCUT2D eigenvalue weighted by molar-refractivity contribution is 6.01. The summed E-state index contributed by atoms with van der Waals surface area (Å²) in [6.45, 7) is 0. The lowest BCUT2D eigenvalue weighted by Gasteiger charge is -2.06. The van der Waals surface area contributed by atoms with Gasteiger partial charge in [0.05, 0.1) is 25.4 Å². The van der Waals surface area contributed by atoms with Crippen LogP contribution in [-0.4, -0.2) is 35.1 Å². The Bertz CT molecular complexity index is 472. The first-order valence-corrected chi connectivity index (χ1v) is 5.34. The monoisotopic (exact) mass is 267 g/mol. The van der Waals surface area contributed by atoms with Crippen molar-refractivity contribution in [3.63, 3.8) is 0 Å². The molecule has 1 aromatic rings. The number of carboxylic acid groups (broad SMARTS) is 1. The SMILES string of the molecule is COc1ccc(NC(=O)NC(=O)CCC(=O)O)cn1. The Kier molecular flexibility index (Phi) is 5.27. The molecule has 1 heterocycles. The van der Waals surface area contributed by atoms with Crippen molar-refractivity contribution in [1.82, 2.24) is 10.3 Å². The number of urea groups is 1. The van der Waals surface area contributed by atoms with E-state index in [1.807, 2.05) is 5.32 Å². The maximum Gasteiger partial charge on any atom is 0.325 e. The summed E-state index contributed by atoms with van der Waals surface area (Å²) in [7, 11) is 1.46. The molecule has 0 radical (unpaired) electrons. The first kappa shape index (κ1) is 14.4. The number of aliphatic carboxylic acids is 1. The minimum absolute atomic E-state index is 0.260. The maximum absolute atomic E-state index is 11.4. The van der Waals surface area contributed by atoms with Gasteiger partial charge in [0.15, 0.2) is 0 Å². The standard InChI is InChI=1S/C11H13N3O5/c1-19-9-4-2-7(6-12-9)13-11(18)14-8(15)3-5-10(16)17/h2,4,6H,3,5H2,1H3,(H,16,17)(H2,13,14,15,18). The number of hydrogen-bond donors (Lipinski definition) is 3. The molecule has 1 aromatic heterocycles. The Labute approximate surface area is 108 Å². The molecule has 102 valence electrons. The minimum Gasteiger partial charge on any atom is -0.481 e. The van der Waals surface area contributed by atoms with E-state index in [1.54, 1.807) is 12.1 Å². The van der Waals surface area contributed by atoms with Crippen LogP contribution in [0.2, 0.25) is 0 Å². The quantitative estimate of drug-likeness (QED) is 0.719. The lowest BCUT2D eigenvalue weighted by molar-refractivity contribution is -0.138. The van der Waals surface area contributed by atoms with Gasteiger partial charge in [0.25, 0.3) is 0 Å². The first-order chi connectivity index (χ1) is 9.01. The topological polar surface area (TPSA) is 118 Å². The van der Waals surface area contributed by atoms with E-state index in [0.717, 1.165) is 0 Å². The van der Waals surface area contributed by atoms with Crippen LogP contribution in [0.25, 0.3) is 0 Å². The van der Waals surface area contributed by atoms with Gasteiger partial charge >= 0.3 is 12.0 Å². The number of carbonyl (C=O) groups is 3. The van der Waals surface area contributed by atoms with Crippen LogP contribution >= 0.6 is 0 Å². The van der Waals surface area contributed by atoms with Gasteiger partial charge in [-0.3, -0.25) is 14.9 Å². The fraction of sp³-hybridized carbons (Fsp3) is 0.273. The summed E-state index contributed by atoms with van der Waals surface area (Å²) in [5, 5.41) is 12.8. The van der Waals surface area contributed by atoms with Gasteiger partial charge in [0, 0.05) is 12.5 Å². The number of ether oxygens (including phenoxy) is 1. The number of nitrogens with zero attached hydrogens (tertiary/aromatic N) is 1. The van der Waals surface area contributed by atoms with E-state index < -0.39 is 17.9 Å². The second-order valence-electron chi connectivity index (χ2n) is 3.49. The number of carboxylic acids is 1. The van der Waals surface area contributed by atoms with Crippen LogP contribution in [-0.2, 0) is 9.59 Å². The summed E-state index contributed by atoms with van der Waals surface area (Å²) in [5.74, 6) is -1.38. The molecule has 0 aliphatic heterocycles. The van der Waals surface area contributed by atoms with E-state index in [4.69, 9.17) is 9.84 Å². The summed E-state index contributed by atoms with van der Waals surface area (Å²) in [4.78, 5) is 36.7. The van der Waals surface area contributed by atoms with Gasteiger partial charge in [-0.15, -0.1) is 0 Å². The number of rotatable bonds is 5. The number of nitrogens with one attached hydrogen (secondary N) is 2. The van der Waals surface area contributed by atoms with E-state index in [0.29, 0.717) is 11.6 Å². The van der Waals surface area contributed by atoms with Gasteiger partial charge in [-0.1, -0.05) is 0 Å². The van der Waals surface area contributed by atoms with Gasteiger partial charge in [0.1, 0.15) is 0 Å². The molecule has 8 nitrogen and oxygen atoms in total. The highest BCUT2D eigenvalue weighted by Crippen LogP contribution is 2.10. The van der Waals surface area contributed by atoms with E-state index in [9.17, 15) is 14.4 Å². The highest BCUT2D eigenvalue weighted by Gasteiger charge is 2.09. The van der Waals surface area contributed by atoms with Gasteiger partial charge in [-0.2, -0.15) is 0 Å². The summed E-state index contributed by atoms with van der Waals surface area (Å²) < 4.78 is 4.84. The van der Waals surface area contributed by atoms with E-state index in [1.165, 1.54) is 13.3 Å². The van der Waals surface area contributed by atoms with Crippen molar-refractivity contribution in [2.75, 3.05) is 12.4 Å². The van der Waals surface area contributed by atoms with Crippen LogP contribution < -0.4 is 15.4 Å². The van der Waals surface area contributed by atoms with Crippen molar-refractivity contribution >= 4 is 23.6 Å². The van der Waals surface area contributed by atoms with E-state index in [-0.39, 0.29) is 12.8 Å². The van der Waals surface area contributed by atoms with Crippen LogP contribution in [0, 0.1) is 0 Å². The minimum atomic E-state index is -1.10. The van der Waals surface area contributed by atoms with Crippen LogP contribution in [0.4, 0.5) is 10.5 Å². The Morgan fingerprint density at radius 3 is 2.58 bits per heavy atom. The van der Waals surface area contributed by atoms with Gasteiger partial charge < -0.3 is 15.2 Å². The lowest BCUT2D eigenvalue weighted by Crippen LogP contribution is -2.34. The van der Waals surface area contributed by atoms with Gasteiger partial charge in [-0.25, -0.2) is 9.78 Å². The molecule has 19 heavy (non-hydrogen) atoms. The number of imide groups is 1. The smallest absolute Gasteiger partial charge is 0.325 e. The van der Waals surface area contributed by atoms with Gasteiger partial charge in [-0.05, 0) is 6.07 Å². The molecule has 0 saturated heterocycles.